The number of aromatic carboxylic acids is 1. The number of phenols is 1. The fourth-order valence-corrected chi connectivity index (χ4v) is 3.83. The van der Waals surface area contributed by atoms with E-state index in [9.17, 15) is 15.0 Å². The molecule has 29 heavy (non-hydrogen) atoms. The number of rotatable bonds is 4. The van der Waals surface area contributed by atoms with Gasteiger partial charge in [-0.25, -0.2) is 9.78 Å². The maximum Gasteiger partial charge on any atom is 0.336 e. The predicted octanol–water partition coefficient (Wildman–Crippen LogP) is 4.02. The summed E-state index contributed by atoms with van der Waals surface area (Å²) in [6.07, 6.45) is 1.98. The van der Waals surface area contributed by atoms with Crippen LogP contribution in [0, 0.1) is 0 Å². The lowest BCUT2D eigenvalue weighted by atomic mass is 9.92. The van der Waals surface area contributed by atoms with Crippen LogP contribution in [-0.2, 0) is 6.54 Å². The van der Waals surface area contributed by atoms with E-state index in [2.05, 4.69) is 11.8 Å². The number of nitrogens with zero attached hydrogens (tertiary/aromatic N) is 2. The van der Waals surface area contributed by atoms with Crippen LogP contribution in [0.5, 0.6) is 11.5 Å². The molecule has 4 rings (SSSR count). The fourth-order valence-electron chi connectivity index (χ4n) is 3.83. The Morgan fingerprint density at radius 2 is 2.03 bits per heavy atom. The van der Waals surface area contributed by atoms with Crippen molar-refractivity contribution in [1.29, 1.82) is 0 Å². The van der Waals surface area contributed by atoms with Crippen LogP contribution in [0.4, 0.5) is 0 Å². The molecule has 3 aromatic rings. The van der Waals surface area contributed by atoms with Gasteiger partial charge in [0, 0.05) is 24.0 Å². The molecule has 0 unspecified atom stereocenters. The molecule has 6 nitrogen and oxygen atoms in total. The Balaban J connectivity index is 1.96. The van der Waals surface area contributed by atoms with Gasteiger partial charge in [-0.3, -0.25) is 4.90 Å². The minimum Gasteiger partial charge on any atom is -0.504 e. The molecule has 2 heterocycles. The lowest BCUT2D eigenvalue weighted by molar-refractivity contribution is 0.0696. The van der Waals surface area contributed by atoms with Crippen LogP contribution in [-0.4, -0.2) is 46.3 Å². The molecule has 2 aromatic carbocycles. The summed E-state index contributed by atoms with van der Waals surface area (Å²) in [6.45, 7) is 4.06. The van der Waals surface area contributed by atoms with E-state index in [1.165, 1.54) is 7.11 Å². The molecule has 0 fully saturated rings. The zero-order chi connectivity index (χ0) is 20.5. The molecule has 6 heteroatoms. The highest BCUT2D eigenvalue weighted by atomic mass is 16.5. The van der Waals surface area contributed by atoms with Crippen LogP contribution in [0.15, 0.2) is 42.5 Å². The van der Waals surface area contributed by atoms with Crippen molar-refractivity contribution < 1.29 is 19.7 Å². The van der Waals surface area contributed by atoms with Crippen LogP contribution in [0.2, 0.25) is 0 Å². The number of carboxylic acids is 1. The lowest BCUT2D eigenvalue weighted by Gasteiger charge is -2.30. The van der Waals surface area contributed by atoms with Crippen molar-refractivity contribution in [2.75, 3.05) is 20.2 Å². The highest BCUT2D eigenvalue weighted by molar-refractivity contribution is 6.06. The summed E-state index contributed by atoms with van der Waals surface area (Å²) in [7, 11) is 1.51. The summed E-state index contributed by atoms with van der Waals surface area (Å²) < 4.78 is 5.21. The van der Waals surface area contributed by atoms with E-state index in [1.54, 1.807) is 18.2 Å². The number of hydrogen-bond acceptors (Lipinski definition) is 5. The average Bonchev–Trinajstić information content (AvgIpc) is 2.73. The maximum atomic E-state index is 12.2. The van der Waals surface area contributed by atoms with Gasteiger partial charge >= 0.3 is 5.97 Å². The molecular formula is C23H22N2O4. The van der Waals surface area contributed by atoms with Gasteiger partial charge < -0.3 is 14.9 Å². The number of phenolic OH excluding ortho intramolecular Hbond substituents is 1. The van der Waals surface area contributed by atoms with Crippen LogP contribution < -0.4 is 4.74 Å². The topological polar surface area (TPSA) is 82.9 Å². The van der Waals surface area contributed by atoms with Gasteiger partial charge in [0.25, 0.3) is 0 Å². The van der Waals surface area contributed by atoms with Crippen molar-refractivity contribution in [3.63, 3.8) is 0 Å². The maximum absolute atomic E-state index is 12.2. The van der Waals surface area contributed by atoms with E-state index >= 15 is 0 Å². The largest absolute Gasteiger partial charge is 0.504 e. The van der Waals surface area contributed by atoms with Gasteiger partial charge in [0.15, 0.2) is 11.5 Å². The molecule has 0 amide bonds. The molecule has 0 atom stereocenters. The van der Waals surface area contributed by atoms with Crippen LogP contribution >= 0.6 is 0 Å². The summed E-state index contributed by atoms with van der Waals surface area (Å²) in [5, 5.41) is 20.5. The highest BCUT2D eigenvalue weighted by Crippen LogP contribution is 2.35. The number of aromatic nitrogens is 1. The van der Waals surface area contributed by atoms with Gasteiger partial charge in [-0.2, -0.15) is 0 Å². The molecule has 1 aliphatic heterocycles. The minimum atomic E-state index is -0.941. The Kier molecular flexibility index (Phi) is 4.94. The summed E-state index contributed by atoms with van der Waals surface area (Å²) in [4.78, 5) is 19.2. The summed E-state index contributed by atoms with van der Waals surface area (Å²) >= 11 is 0. The number of carboxylic acid groups (broad SMARTS) is 1. The van der Waals surface area contributed by atoms with Crippen molar-refractivity contribution in [1.82, 2.24) is 9.88 Å². The molecular weight excluding hydrogens is 368 g/mol. The molecule has 0 radical (unpaired) electrons. The van der Waals surface area contributed by atoms with E-state index in [-0.39, 0.29) is 5.75 Å². The van der Waals surface area contributed by atoms with Gasteiger partial charge in [-0.15, -0.1) is 0 Å². The van der Waals surface area contributed by atoms with Crippen LogP contribution in [0.1, 0.15) is 34.1 Å². The quantitative estimate of drug-likeness (QED) is 0.700. The van der Waals surface area contributed by atoms with Gasteiger partial charge in [-0.1, -0.05) is 31.2 Å². The second-order valence-electron chi connectivity index (χ2n) is 7.04. The molecule has 0 saturated heterocycles. The number of fused-ring (bicyclic) bond motifs is 2. The van der Waals surface area contributed by atoms with E-state index < -0.39 is 5.97 Å². The minimum absolute atomic E-state index is 0.0751. The first-order valence-electron chi connectivity index (χ1n) is 9.47. The van der Waals surface area contributed by atoms with Crippen LogP contribution in [0.25, 0.3) is 22.6 Å². The van der Waals surface area contributed by atoms with E-state index in [0.717, 1.165) is 28.9 Å². The lowest BCUT2D eigenvalue weighted by Crippen LogP contribution is -2.31. The normalized spacial score (nSPS) is 15.4. The van der Waals surface area contributed by atoms with E-state index in [1.807, 2.05) is 30.3 Å². The van der Waals surface area contributed by atoms with E-state index in [0.29, 0.717) is 35.3 Å². The first kappa shape index (κ1) is 19.0. The molecule has 2 N–H and O–H groups in total. The number of hydrogen-bond donors (Lipinski definition) is 2. The number of para-hydroxylation sites is 1. The van der Waals surface area contributed by atoms with Crippen molar-refractivity contribution in [3.8, 4) is 11.5 Å². The van der Waals surface area contributed by atoms with Crippen LogP contribution in [0.3, 0.4) is 0 Å². The molecule has 0 spiro atoms. The molecule has 1 aliphatic rings. The Hall–Kier alpha value is -3.38. The number of carbonyl (C=O) groups is 1. The third-order valence-corrected chi connectivity index (χ3v) is 5.28. The Morgan fingerprint density at radius 1 is 1.24 bits per heavy atom. The number of pyridine rings is 1. The smallest absolute Gasteiger partial charge is 0.336 e. The van der Waals surface area contributed by atoms with Crippen molar-refractivity contribution in [3.05, 3.63) is 64.8 Å². The molecule has 0 aliphatic carbocycles. The Labute approximate surface area is 168 Å². The fraction of sp³-hybridized carbons (Fsp3) is 0.217. The molecule has 1 aromatic heterocycles. The highest BCUT2D eigenvalue weighted by Gasteiger charge is 2.27. The monoisotopic (exact) mass is 390 g/mol. The van der Waals surface area contributed by atoms with Crippen molar-refractivity contribution in [2.45, 2.75) is 13.5 Å². The first-order chi connectivity index (χ1) is 14.0. The SMILES string of the molecule is CCN1CC(=Cc2ccc(O)c(OC)c2)c2nc3ccccc3c(C(=O)O)c2C1. The number of aromatic hydroxyl groups is 1. The predicted molar refractivity (Wildman–Crippen MR) is 112 cm³/mol. The number of ether oxygens (including phenoxy) is 1. The second-order valence-corrected chi connectivity index (χ2v) is 7.04. The van der Waals surface area contributed by atoms with E-state index in [4.69, 9.17) is 9.72 Å². The average molecular weight is 390 g/mol. The summed E-state index contributed by atoms with van der Waals surface area (Å²) in [6, 6.07) is 12.5. The van der Waals surface area contributed by atoms with Crippen molar-refractivity contribution >= 4 is 28.5 Å². The second kappa shape index (κ2) is 7.56. The zero-order valence-corrected chi connectivity index (χ0v) is 16.3. The molecule has 0 bridgehead atoms. The van der Waals surface area contributed by atoms with Gasteiger partial charge in [-0.05, 0) is 42.0 Å². The first-order valence-corrected chi connectivity index (χ1v) is 9.47. The molecule has 0 saturated carbocycles. The number of likely N-dealkylation sites (N-methyl/N-ethyl adjacent to an activating group) is 1. The Bertz CT molecular complexity index is 1140. The van der Waals surface area contributed by atoms with Crippen molar-refractivity contribution in [2.24, 2.45) is 0 Å². The van der Waals surface area contributed by atoms with Gasteiger partial charge in [0.1, 0.15) is 0 Å². The number of methoxy groups -OCH3 is 1. The van der Waals surface area contributed by atoms with Gasteiger partial charge in [0.05, 0.1) is 23.9 Å². The number of benzene rings is 2. The third kappa shape index (κ3) is 3.43. The third-order valence-electron chi connectivity index (χ3n) is 5.28. The molecule has 148 valence electrons. The Morgan fingerprint density at radius 3 is 2.76 bits per heavy atom. The zero-order valence-electron chi connectivity index (χ0n) is 16.3. The standard InChI is InChI=1S/C23H22N2O4/c1-3-25-12-15(10-14-8-9-19(26)20(11-14)29-2)22-17(13-25)21(23(27)28)16-6-4-5-7-18(16)24-22/h4-11,26H,3,12-13H2,1-2H3,(H,27,28). The summed E-state index contributed by atoms with van der Waals surface area (Å²) in [5.41, 5.74) is 4.24. The summed E-state index contributed by atoms with van der Waals surface area (Å²) in [5.74, 6) is -0.477. The van der Waals surface area contributed by atoms with Gasteiger partial charge in [0.2, 0.25) is 0 Å².